The molecule has 0 unspecified atom stereocenters. The number of anilines is 1. The normalized spacial score (nSPS) is 23.5. The number of rotatable bonds is 5. The second-order valence-corrected chi connectivity index (χ2v) is 8.72. The van der Waals surface area contributed by atoms with E-state index in [1.54, 1.807) is 12.3 Å². The molecule has 3 atom stereocenters. The molecule has 2 aliphatic rings. The number of nitrogens with zero attached hydrogens (tertiary/aromatic N) is 4. The van der Waals surface area contributed by atoms with Crippen LogP contribution in [0, 0.1) is 18.3 Å². The van der Waals surface area contributed by atoms with Crippen LogP contribution in [0.3, 0.4) is 0 Å². The van der Waals surface area contributed by atoms with Crippen molar-refractivity contribution in [2.75, 3.05) is 31.1 Å². The summed E-state index contributed by atoms with van der Waals surface area (Å²) in [5.74, 6) is -0.0765. The van der Waals surface area contributed by atoms with Gasteiger partial charge in [-0.05, 0) is 51.3 Å². The van der Waals surface area contributed by atoms with E-state index in [1.165, 1.54) is 10.5 Å². The summed E-state index contributed by atoms with van der Waals surface area (Å²) in [7, 11) is 0. The van der Waals surface area contributed by atoms with Gasteiger partial charge in [-0.3, -0.25) is 14.0 Å². The van der Waals surface area contributed by atoms with E-state index >= 15 is 0 Å². The van der Waals surface area contributed by atoms with Crippen LogP contribution in [0.5, 0.6) is 0 Å². The summed E-state index contributed by atoms with van der Waals surface area (Å²) in [6.07, 6.45) is 4.69. The van der Waals surface area contributed by atoms with E-state index < -0.39 is 5.91 Å². The number of hydrogen-bond donors (Lipinski definition) is 1. The Balaban J connectivity index is 1.77. The lowest BCUT2D eigenvalue weighted by molar-refractivity contribution is -0.117. The number of carbonyl (C=O) groups excluding carboxylic acids is 1. The van der Waals surface area contributed by atoms with Crippen LogP contribution in [0.25, 0.3) is 11.7 Å². The fourth-order valence-corrected chi connectivity index (χ4v) is 4.42. The molecular weight excluding hydrogens is 422 g/mol. The molecule has 2 saturated heterocycles. The van der Waals surface area contributed by atoms with Crippen LogP contribution < -0.4 is 15.8 Å². The zero-order valence-electron chi connectivity index (χ0n) is 19.2. The third-order valence-corrected chi connectivity index (χ3v) is 5.95. The van der Waals surface area contributed by atoms with Crippen molar-refractivity contribution in [2.24, 2.45) is 0 Å². The molecule has 0 bridgehead atoms. The van der Waals surface area contributed by atoms with Gasteiger partial charge in [0.05, 0.1) is 23.9 Å². The second-order valence-electron chi connectivity index (χ2n) is 8.72. The molecule has 0 aromatic carbocycles. The van der Waals surface area contributed by atoms with E-state index in [0.29, 0.717) is 37.7 Å². The van der Waals surface area contributed by atoms with E-state index in [4.69, 9.17) is 14.5 Å². The van der Waals surface area contributed by atoms with Gasteiger partial charge in [0.1, 0.15) is 23.1 Å². The van der Waals surface area contributed by atoms with Gasteiger partial charge >= 0.3 is 0 Å². The topological polar surface area (TPSA) is 109 Å². The van der Waals surface area contributed by atoms with Crippen LogP contribution in [-0.2, 0) is 14.3 Å². The third-order valence-electron chi connectivity index (χ3n) is 5.95. The Hall–Kier alpha value is -3.22. The molecule has 4 rings (SSSR count). The first-order chi connectivity index (χ1) is 15.9. The summed E-state index contributed by atoms with van der Waals surface area (Å²) in [6, 6.07) is 5.62. The van der Waals surface area contributed by atoms with Crippen molar-refractivity contribution < 1.29 is 14.3 Å². The minimum Gasteiger partial charge on any atom is -0.376 e. The van der Waals surface area contributed by atoms with Gasteiger partial charge in [-0.15, -0.1) is 0 Å². The van der Waals surface area contributed by atoms with Gasteiger partial charge in [-0.1, -0.05) is 6.07 Å². The second kappa shape index (κ2) is 9.73. The number of nitriles is 1. The minimum absolute atomic E-state index is 0.0447. The average molecular weight is 452 g/mol. The first kappa shape index (κ1) is 23.0. The first-order valence-corrected chi connectivity index (χ1v) is 11.3. The molecule has 1 N–H and O–H groups in total. The molecule has 2 fully saturated rings. The number of fused-ring (bicyclic) bond motifs is 1. The Labute approximate surface area is 192 Å². The molecule has 9 heteroatoms. The van der Waals surface area contributed by atoms with Crippen molar-refractivity contribution in [3.63, 3.8) is 0 Å². The number of morpholine rings is 1. The first-order valence-electron chi connectivity index (χ1n) is 11.3. The van der Waals surface area contributed by atoms with E-state index in [2.05, 4.69) is 5.32 Å². The maximum absolute atomic E-state index is 13.5. The number of amides is 1. The molecule has 2 aromatic heterocycles. The lowest BCUT2D eigenvalue weighted by Gasteiger charge is -2.36. The average Bonchev–Trinajstić information content (AvgIpc) is 3.30. The van der Waals surface area contributed by atoms with Gasteiger partial charge < -0.3 is 19.7 Å². The Morgan fingerprint density at radius 3 is 2.79 bits per heavy atom. The Morgan fingerprint density at radius 1 is 1.36 bits per heavy atom. The van der Waals surface area contributed by atoms with Crippen molar-refractivity contribution in [2.45, 2.75) is 51.9 Å². The van der Waals surface area contributed by atoms with Crippen molar-refractivity contribution in [3.05, 3.63) is 45.4 Å². The standard InChI is InChI=1S/C24H29N5O4/c1-15-6-4-8-29-21(15)27-22(28-13-16(2)33-17(3)14-28)20(24(29)31)10-18(11-25)23(30)26-12-19-7-5-9-32-19/h4,6,8,10,16-17,19H,5,7,9,12-14H2,1-3H3,(H,26,30)/b18-10+/t16-,17-,19-/m0/s1. The summed E-state index contributed by atoms with van der Waals surface area (Å²) in [5, 5.41) is 12.5. The van der Waals surface area contributed by atoms with Crippen molar-refractivity contribution in [1.29, 1.82) is 5.26 Å². The highest BCUT2D eigenvalue weighted by Gasteiger charge is 2.27. The Kier molecular flexibility index (Phi) is 6.77. The highest BCUT2D eigenvalue weighted by atomic mass is 16.5. The largest absolute Gasteiger partial charge is 0.376 e. The maximum atomic E-state index is 13.5. The van der Waals surface area contributed by atoms with E-state index in [1.807, 2.05) is 37.8 Å². The molecule has 0 saturated carbocycles. The van der Waals surface area contributed by atoms with Crippen LogP contribution in [0.4, 0.5) is 5.82 Å². The molecule has 4 heterocycles. The third kappa shape index (κ3) is 4.92. The number of carbonyl (C=O) groups is 1. The quantitative estimate of drug-likeness (QED) is 0.546. The molecule has 0 spiro atoms. The SMILES string of the molecule is Cc1cccn2c(=O)c(/C=C(\C#N)C(=O)NC[C@@H]3CCCO3)c(N3C[C@H](C)O[C@@H](C)C3)nc12. The number of aryl methyl sites for hydroxylation is 1. The van der Waals surface area contributed by atoms with Crippen LogP contribution in [-0.4, -0.2) is 59.8 Å². The Morgan fingerprint density at radius 2 is 2.12 bits per heavy atom. The highest BCUT2D eigenvalue weighted by Crippen LogP contribution is 2.24. The van der Waals surface area contributed by atoms with Gasteiger partial charge in [0.2, 0.25) is 0 Å². The predicted octanol–water partition coefficient (Wildman–Crippen LogP) is 1.82. The van der Waals surface area contributed by atoms with Crippen LogP contribution in [0.15, 0.2) is 28.7 Å². The number of hydrogen-bond acceptors (Lipinski definition) is 7. The lowest BCUT2D eigenvalue weighted by Crippen LogP contribution is -2.46. The molecule has 0 aliphatic carbocycles. The Bertz CT molecular complexity index is 1170. The molecule has 2 aliphatic heterocycles. The van der Waals surface area contributed by atoms with Gasteiger partial charge in [-0.25, -0.2) is 4.98 Å². The zero-order valence-corrected chi connectivity index (χ0v) is 19.2. The van der Waals surface area contributed by atoms with Crippen LogP contribution in [0.2, 0.25) is 0 Å². The summed E-state index contributed by atoms with van der Waals surface area (Å²) in [5.41, 5.74) is 1.14. The fraction of sp³-hybridized carbons (Fsp3) is 0.500. The van der Waals surface area contributed by atoms with E-state index in [9.17, 15) is 14.9 Å². The molecule has 33 heavy (non-hydrogen) atoms. The predicted molar refractivity (Wildman–Crippen MR) is 124 cm³/mol. The number of nitrogens with one attached hydrogen (secondary N) is 1. The molecular formula is C24H29N5O4. The highest BCUT2D eigenvalue weighted by molar-refractivity contribution is 6.02. The lowest BCUT2D eigenvalue weighted by atomic mass is 10.1. The van der Waals surface area contributed by atoms with Crippen molar-refractivity contribution in [3.8, 4) is 6.07 Å². The summed E-state index contributed by atoms with van der Waals surface area (Å²) in [6.45, 7) is 7.94. The van der Waals surface area contributed by atoms with Crippen molar-refractivity contribution in [1.82, 2.24) is 14.7 Å². The van der Waals surface area contributed by atoms with E-state index in [-0.39, 0.29) is 35.0 Å². The van der Waals surface area contributed by atoms with E-state index in [0.717, 1.165) is 18.4 Å². The molecule has 174 valence electrons. The summed E-state index contributed by atoms with van der Waals surface area (Å²) < 4.78 is 12.8. The molecule has 0 radical (unpaired) electrons. The number of pyridine rings is 1. The van der Waals surface area contributed by atoms with Crippen LogP contribution in [0.1, 0.15) is 37.8 Å². The number of aromatic nitrogens is 2. The van der Waals surface area contributed by atoms with Crippen LogP contribution >= 0.6 is 0 Å². The van der Waals surface area contributed by atoms with Gasteiger partial charge in [-0.2, -0.15) is 5.26 Å². The molecule has 1 amide bonds. The van der Waals surface area contributed by atoms with Gasteiger partial charge in [0.25, 0.3) is 11.5 Å². The summed E-state index contributed by atoms with van der Waals surface area (Å²) >= 11 is 0. The number of ether oxygens (including phenoxy) is 2. The summed E-state index contributed by atoms with van der Waals surface area (Å²) in [4.78, 5) is 33.1. The van der Waals surface area contributed by atoms with Gasteiger partial charge in [0, 0.05) is 32.4 Å². The zero-order chi connectivity index (χ0) is 23.5. The molecule has 9 nitrogen and oxygen atoms in total. The van der Waals surface area contributed by atoms with Gasteiger partial charge in [0.15, 0.2) is 0 Å². The smallest absolute Gasteiger partial charge is 0.267 e. The fourth-order valence-electron chi connectivity index (χ4n) is 4.42. The minimum atomic E-state index is -0.531. The molecule has 2 aromatic rings. The van der Waals surface area contributed by atoms with Crippen molar-refractivity contribution >= 4 is 23.4 Å². The maximum Gasteiger partial charge on any atom is 0.267 e. The monoisotopic (exact) mass is 451 g/mol.